The van der Waals surface area contributed by atoms with Crippen LogP contribution in [0.5, 0.6) is 0 Å². The lowest BCUT2D eigenvalue weighted by Crippen LogP contribution is -2.51. The number of carbonyl (C=O) groups excluding carboxylic acids is 4. The third-order valence-corrected chi connectivity index (χ3v) is 8.02. The Morgan fingerprint density at radius 1 is 1.12 bits per heavy atom. The van der Waals surface area contributed by atoms with E-state index in [-0.39, 0.29) is 37.3 Å². The molecule has 0 aromatic heterocycles. The normalized spacial score (nSPS) is 19.4. The number of anilines is 1. The van der Waals surface area contributed by atoms with Gasteiger partial charge in [-0.3, -0.25) is 14.5 Å². The molecule has 1 unspecified atom stereocenters. The summed E-state index contributed by atoms with van der Waals surface area (Å²) in [6.45, 7) is 11.0. The fourth-order valence-corrected chi connectivity index (χ4v) is 5.89. The monoisotopic (exact) mass is 559 g/mol. The van der Waals surface area contributed by atoms with Gasteiger partial charge in [0.05, 0.1) is 17.8 Å². The van der Waals surface area contributed by atoms with Gasteiger partial charge in [0.25, 0.3) is 5.91 Å². The number of likely N-dealkylation sites (N-methyl/N-ethyl adjacent to an activating group) is 1. The molecule has 0 bridgehead atoms. The molecule has 3 heterocycles. The summed E-state index contributed by atoms with van der Waals surface area (Å²) < 4.78 is 20.4. The Kier molecular flexibility index (Phi) is 9.33. The second kappa shape index (κ2) is 12.5. The van der Waals surface area contributed by atoms with Gasteiger partial charge >= 0.3 is 6.09 Å². The van der Waals surface area contributed by atoms with E-state index in [0.29, 0.717) is 35.8 Å². The number of rotatable bonds is 8. The largest absolute Gasteiger partial charge is 0.444 e. The van der Waals surface area contributed by atoms with Crippen molar-refractivity contribution in [3.8, 4) is 0 Å². The van der Waals surface area contributed by atoms with Crippen LogP contribution in [0.3, 0.4) is 0 Å². The quantitative estimate of drug-likeness (QED) is 0.489. The fourth-order valence-electron chi connectivity index (χ4n) is 5.89. The van der Waals surface area contributed by atoms with E-state index in [1.165, 1.54) is 18.0 Å². The van der Waals surface area contributed by atoms with E-state index in [2.05, 4.69) is 15.1 Å². The molecule has 0 saturated carbocycles. The van der Waals surface area contributed by atoms with Gasteiger partial charge in [-0.15, -0.1) is 0 Å². The van der Waals surface area contributed by atoms with Crippen molar-refractivity contribution >= 4 is 29.9 Å². The van der Waals surface area contributed by atoms with Crippen LogP contribution in [-0.4, -0.2) is 103 Å². The first kappa shape index (κ1) is 29.8. The molecule has 0 aliphatic carbocycles. The lowest BCUT2D eigenvalue weighted by atomic mass is 9.94. The summed E-state index contributed by atoms with van der Waals surface area (Å²) in [5.74, 6) is -0.696. The van der Waals surface area contributed by atoms with Gasteiger partial charge in [-0.25, -0.2) is 9.18 Å². The minimum Gasteiger partial charge on any atom is -0.444 e. The van der Waals surface area contributed by atoms with Crippen LogP contribution in [0.1, 0.15) is 62.4 Å². The van der Waals surface area contributed by atoms with Crippen LogP contribution in [0.4, 0.5) is 14.9 Å². The first-order valence-corrected chi connectivity index (χ1v) is 14.2. The highest BCUT2D eigenvalue weighted by atomic mass is 19.1. The number of halogens is 1. The summed E-state index contributed by atoms with van der Waals surface area (Å²) in [7, 11) is 1.49. The van der Waals surface area contributed by atoms with Gasteiger partial charge in [0, 0.05) is 64.8 Å². The number of fused-ring (bicyclic) bond motifs is 1. The van der Waals surface area contributed by atoms with E-state index in [1.807, 2.05) is 20.8 Å². The number of piperazine rings is 1. The predicted molar refractivity (Wildman–Crippen MR) is 149 cm³/mol. The van der Waals surface area contributed by atoms with E-state index in [0.717, 1.165) is 51.9 Å². The van der Waals surface area contributed by atoms with E-state index in [4.69, 9.17) is 4.74 Å². The molecule has 2 fully saturated rings. The SMILES string of the molecule is CNC(=O)C(CCC=O)N1Cc2c(F)ccc(N3CCC(CN4CCN(C(=O)OC(C)(C)C)CC4)CC3)c2C1=O. The summed E-state index contributed by atoms with van der Waals surface area (Å²) in [5, 5.41) is 2.56. The highest BCUT2D eigenvalue weighted by Crippen LogP contribution is 2.37. The van der Waals surface area contributed by atoms with Gasteiger partial charge in [0.1, 0.15) is 23.7 Å². The number of amides is 3. The molecule has 0 radical (unpaired) electrons. The Morgan fingerprint density at radius 3 is 2.40 bits per heavy atom. The van der Waals surface area contributed by atoms with Crippen molar-refractivity contribution < 1.29 is 28.3 Å². The molecule has 3 amide bonds. The highest BCUT2D eigenvalue weighted by Gasteiger charge is 2.40. The second-order valence-electron chi connectivity index (χ2n) is 11.9. The molecule has 1 atom stereocenters. The number of aldehydes is 1. The number of nitrogens with one attached hydrogen (secondary N) is 1. The molecule has 1 N–H and O–H groups in total. The Labute approximate surface area is 235 Å². The number of hydrogen-bond acceptors (Lipinski definition) is 7. The van der Waals surface area contributed by atoms with E-state index >= 15 is 0 Å². The number of hydrogen-bond donors (Lipinski definition) is 1. The first-order valence-electron chi connectivity index (χ1n) is 14.2. The number of benzene rings is 1. The van der Waals surface area contributed by atoms with Gasteiger partial charge in [-0.1, -0.05) is 0 Å². The average molecular weight is 560 g/mol. The molecular weight excluding hydrogens is 517 g/mol. The molecule has 0 spiro atoms. The van der Waals surface area contributed by atoms with Crippen molar-refractivity contribution in [1.82, 2.24) is 20.0 Å². The van der Waals surface area contributed by atoms with Crippen LogP contribution in [0.15, 0.2) is 12.1 Å². The Balaban J connectivity index is 1.35. The van der Waals surface area contributed by atoms with Gasteiger partial charge in [-0.2, -0.15) is 0 Å². The number of carbonyl (C=O) groups is 4. The maximum Gasteiger partial charge on any atom is 0.410 e. The second-order valence-corrected chi connectivity index (χ2v) is 11.9. The molecule has 11 heteroatoms. The summed E-state index contributed by atoms with van der Waals surface area (Å²) in [6, 6.07) is 2.25. The number of piperidine rings is 1. The third-order valence-electron chi connectivity index (χ3n) is 8.02. The Hall–Kier alpha value is -3.21. The maximum atomic E-state index is 14.9. The van der Waals surface area contributed by atoms with Crippen molar-refractivity contribution in [3.05, 3.63) is 29.1 Å². The molecule has 1 aromatic carbocycles. The van der Waals surface area contributed by atoms with Crippen molar-refractivity contribution in [2.75, 3.05) is 57.8 Å². The van der Waals surface area contributed by atoms with Crippen LogP contribution in [-0.2, 0) is 20.9 Å². The minimum atomic E-state index is -0.830. The molecular formula is C29H42FN5O5. The van der Waals surface area contributed by atoms with Crippen LogP contribution in [0, 0.1) is 11.7 Å². The van der Waals surface area contributed by atoms with Crippen molar-refractivity contribution in [2.45, 2.75) is 64.6 Å². The van der Waals surface area contributed by atoms with Crippen molar-refractivity contribution in [1.29, 1.82) is 0 Å². The first-order chi connectivity index (χ1) is 19.0. The summed E-state index contributed by atoms with van der Waals surface area (Å²) in [5.41, 5.74) is 0.848. The molecule has 4 rings (SSSR count). The zero-order valence-electron chi connectivity index (χ0n) is 24.1. The smallest absolute Gasteiger partial charge is 0.410 e. The van der Waals surface area contributed by atoms with E-state index in [9.17, 15) is 23.6 Å². The van der Waals surface area contributed by atoms with Gasteiger partial charge < -0.3 is 29.5 Å². The molecule has 3 aliphatic heterocycles. The lowest BCUT2D eigenvalue weighted by Gasteiger charge is -2.39. The molecule has 3 aliphatic rings. The molecule has 2 saturated heterocycles. The summed E-state index contributed by atoms with van der Waals surface area (Å²) in [4.78, 5) is 57.1. The number of ether oxygens (including phenoxy) is 1. The minimum absolute atomic E-state index is 0.0104. The zero-order chi connectivity index (χ0) is 29.0. The third kappa shape index (κ3) is 6.74. The lowest BCUT2D eigenvalue weighted by molar-refractivity contribution is -0.125. The highest BCUT2D eigenvalue weighted by molar-refractivity contribution is 6.05. The summed E-state index contributed by atoms with van der Waals surface area (Å²) in [6.07, 6.45) is 2.67. The zero-order valence-corrected chi connectivity index (χ0v) is 24.1. The van der Waals surface area contributed by atoms with E-state index < -0.39 is 17.5 Å². The molecule has 220 valence electrons. The summed E-state index contributed by atoms with van der Waals surface area (Å²) >= 11 is 0. The average Bonchev–Trinajstić information content (AvgIpc) is 3.26. The van der Waals surface area contributed by atoms with E-state index in [1.54, 1.807) is 11.0 Å². The van der Waals surface area contributed by atoms with Crippen LogP contribution < -0.4 is 10.2 Å². The molecule has 1 aromatic rings. The molecule has 10 nitrogen and oxygen atoms in total. The van der Waals surface area contributed by atoms with Gasteiger partial charge in [0.15, 0.2) is 0 Å². The van der Waals surface area contributed by atoms with Gasteiger partial charge in [-0.05, 0) is 58.1 Å². The maximum absolute atomic E-state index is 14.9. The van der Waals surface area contributed by atoms with Crippen molar-refractivity contribution in [3.63, 3.8) is 0 Å². The topological polar surface area (TPSA) is 103 Å². The number of nitrogens with zero attached hydrogens (tertiary/aromatic N) is 4. The Morgan fingerprint density at radius 2 is 1.80 bits per heavy atom. The van der Waals surface area contributed by atoms with Gasteiger partial charge in [0.2, 0.25) is 5.91 Å². The molecule has 40 heavy (non-hydrogen) atoms. The van der Waals surface area contributed by atoms with Crippen LogP contribution in [0.25, 0.3) is 0 Å². The van der Waals surface area contributed by atoms with Crippen LogP contribution >= 0.6 is 0 Å². The van der Waals surface area contributed by atoms with Crippen molar-refractivity contribution in [2.24, 2.45) is 5.92 Å². The Bertz CT molecular complexity index is 1110. The predicted octanol–water partition coefficient (Wildman–Crippen LogP) is 2.64. The fraction of sp³-hybridized carbons (Fsp3) is 0.655. The standard InChI is InChI=1S/C29H42FN5O5/c1-29(2,3)40-28(39)34-15-13-32(14-16-34)18-20-9-11-33(12-10-20)23-8-7-22(30)21-19-35(27(38)25(21)23)24(6-5-17-36)26(37)31-4/h7-8,17,20,24H,5-6,9-16,18-19H2,1-4H3,(H,31,37). The van der Waals surface area contributed by atoms with Crippen LogP contribution in [0.2, 0.25) is 0 Å².